The summed E-state index contributed by atoms with van der Waals surface area (Å²) in [5.74, 6) is -0.0457. The smallest absolute Gasteiger partial charge is 0.262 e. The van der Waals surface area contributed by atoms with Crippen LogP contribution in [0.4, 0.5) is 0 Å². The van der Waals surface area contributed by atoms with Gasteiger partial charge in [-0.1, -0.05) is 48.5 Å². The highest BCUT2D eigenvalue weighted by Gasteiger charge is 2.21. The molecule has 5 rings (SSSR count). The molecule has 1 N–H and O–H groups in total. The standard InChI is InChI=1S/C30H36N4O4S/c35-27(22-9-3-1-4-10-22)21-39-30-32-26-19-23(28(36)31-14-8-17-33-15-5-2-6-16-33)12-13-25(26)29(37)34(30)20-24-11-7-18-38-24/h1,3-4,9-10,12-13,19,24H,2,5-8,11,14-18,20-21H2,(H,31,36)/t24-/m1/s1. The van der Waals surface area contributed by atoms with Crippen molar-refractivity contribution >= 4 is 34.4 Å². The number of thioether (sulfide) groups is 1. The molecule has 1 atom stereocenters. The minimum Gasteiger partial charge on any atom is -0.376 e. The molecular formula is C30H36N4O4S. The number of hydrogen-bond acceptors (Lipinski definition) is 7. The average Bonchev–Trinajstić information content (AvgIpc) is 3.49. The predicted octanol–water partition coefficient (Wildman–Crippen LogP) is 4.16. The number of nitrogens with zero attached hydrogens (tertiary/aromatic N) is 3. The second-order valence-electron chi connectivity index (χ2n) is 10.3. The van der Waals surface area contributed by atoms with Crippen molar-refractivity contribution in [2.45, 2.75) is 56.3 Å². The Balaban J connectivity index is 1.32. The highest BCUT2D eigenvalue weighted by atomic mass is 32.2. The van der Waals surface area contributed by atoms with E-state index in [2.05, 4.69) is 10.2 Å². The maximum Gasteiger partial charge on any atom is 0.262 e. The van der Waals surface area contributed by atoms with Gasteiger partial charge in [0.25, 0.3) is 11.5 Å². The van der Waals surface area contributed by atoms with Gasteiger partial charge < -0.3 is 15.0 Å². The zero-order valence-electron chi connectivity index (χ0n) is 22.3. The minimum atomic E-state index is -0.182. The summed E-state index contributed by atoms with van der Waals surface area (Å²) >= 11 is 1.25. The molecule has 2 aromatic carbocycles. The molecule has 1 amide bonds. The normalized spacial score (nSPS) is 17.9. The molecular weight excluding hydrogens is 512 g/mol. The summed E-state index contributed by atoms with van der Waals surface area (Å²) < 4.78 is 7.42. The largest absolute Gasteiger partial charge is 0.376 e. The Morgan fingerprint density at radius 1 is 1.03 bits per heavy atom. The van der Waals surface area contributed by atoms with E-state index in [-0.39, 0.29) is 29.1 Å². The molecule has 0 unspecified atom stereocenters. The van der Waals surface area contributed by atoms with E-state index in [0.29, 0.717) is 46.9 Å². The minimum absolute atomic E-state index is 0.0312. The van der Waals surface area contributed by atoms with Gasteiger partial charge in [-0.25, -0.2) is 4.98 Å². The van der Waals surface area contributed by atoms with Crippen LogP contribution in [0.5, 0.6) is 0 Å². The highest BCUT2D eigenvalue weighted by Crippen LogP contribution is 2.23. The van der Waals surface area contributed by atoms with E-state index < -0.39 is 0 Å². The molecule has 9 heteroatoms. The number of carbonyl (C=O) groups excluding carboxylic acids is 2. The summed E-state index contributed by atoms with van der Waals surface area (Å²) in [5.41, 5.74) is 1.37. The lowest BCUT2D eigenvalue weighted by Gasteiger charge is -2.26. The number of ketones is 1. The summed E-state index contributed by atoms with van der Waals surface area (Å²) in [7, 11) is 0. The third-order valence-electron chi connectivity index (χ3n) is 7.41. The topological polar surface area (TPSA) is 93.5 Å². The summed E-state index contributed by atoms with van der Waals surface area (Å²) in [6.07, 6.45) is 6.52. The third-order valence-corrected chi connectivity index (χ3v) is 8.38. The molecule has 0 bridgehead atoms. The van der Waals surface area contributed by atoms with Crippen molar-refractivity contribution in [3.63, 3.8) is 0 Å². The van der Waals surface area contributed by atoms with Gasteiger partial charge in [0.15, 0.2) is 10.9 Å². The maximum atomic E-state index is 13.6. The predicted molar refractivity (Wildman–Crippen MR) is 154 cm³/mol. The van der Waals surface area contributed by atoms with Crippen LogP contribution in [0.25, 0.3) is 10.9 Å². The molecule has 0 radical (unpaired) electrons. The highest BCUT2D eigenvalue weighted by molar-refractivity contribution is 7.99. The van der Waals surface area contributed by atoms with E-state index in [9.17, 15) is 14.4 Å². The fourth-order valence-electron chi connectivity index (χ4n) is 5.23. The van der Waals surface area contributed by atoms with E-state index in [1.165, 1.54) is 31.0 Å². The van der Waals surface area contributed by atoms with Crippen molar-refractivity contribution < 1.29 is 14.3 Å². The molecule has 0 spiro atoms. The zero-order valence-corrected chi connectivity index (χ0v) is 23.1. The van der Waals surface area contributed by atoms with Crippen LogP contribution < -0.4 is 10.9 Å². The van der Waals surface area contributed by atoms with Crippen LogP contribution in [-0.2, 0) is 11.3 Å². The Kier molecular flexibility index (Phi) is 9.44. The van der Waals surface area contributed by atoms with Crippen LogP contribution in [0.2, 0.25) is 0 Å². The van der Waals surface area contributed by atoms with Gasteiger partial charge in [0.2, 0.25) is 0 Å². The fourth-order valence-corrected chi connectivity index (χ4v) is 6.14. The van der Waals surface area contributed by atoms with Crippen molar-refractivity contribution in [1.82, 2.24) is 19.8 Å². The second kappa shape index (κ2) is 13.4. The van der Waals surface area contributed by atoms with Crippen molar-refractivity contribution in [1.29, 1.82) is 0 Å². The number of nitrogens with one attached hydrogen (secondary N) is 1. The molecule has 3 aromatic rings. The number of rotatable bonds is 11. The lowest BCUT2D eigenvalue weighted by molar-refractivity contribution is 0.0937. The number of ether oxygens (including phenoxy) is 1. The number of carbonyl (C=O) groups is 2. The molecule has 39 heavy (non-hydrogen) atoms. The first-order valence-corrected chi connectivity index (χ1v) is 14.9. The van der Waals surface area contributed by atoms with Gasteiger partial charge in [-0.2, -0.15) is 0 Å². The van der Waals surface area contributed by atoms with Crippen molar-refractivity contribution in [3.05, 3.63) is 70.0 Å². The monoisotopic (exact) mass is 548 g/mol. The lowest BCUT2D eigenvalue weighted by atomic mass is 10.1. The number of aromatic nitrogens is 2. The van der Waals surface area contributed by atoms with E-state index in [4.69, 9.17) is 9.72 Å². The number of Topliss-reactive ketones (excluding diaryl/α,β-unsaturated/α-hetero) is 1. The SMILES string of the molecule is O=C(CSc1nc2cc(C(=O)NCCCN3CCCCC3)ccc2c(=O)n1C[C@H]1CCCO1)c1ccccc1. The average molecular weight is 549 g/mol. The molecule has 2 aliphatic heterocycles. The fraction of sp³-hybridized carbons (Fsp3) is 0.467. The first-order chi connectivity index (χ1) is 19.1. The lowest BCUT2D eigenvalue weighted by Crippen LogP contribution is -2.33. The summed E-state index contributed by atoms with van der Waals surface area (Å²) in [6.45, 7) is 4.96. The summed E-state index contributed by atoms with van der Waals surface area (Å²) in [6, 6.07) is 14.2. The Labute approximate surface area is 233 Å². The Bertz CT molecular complexity index is 1350. The molecule has 2 aliphatic rings. The molecule has 3 heterocycles. The van der Waals surface area contributed by atoms with Crippen LogP contribution in [-0.4, -0.2) is 70.8 Å². The molecule has 1 aromatic heterocycles. The maximum absolute atomic E-state index is 13.6. The van der Waals surface area contributed by atoms with Crippen LogP contribution in [0.1, 0.15) is 59.2 Å². The zero-order chi connectivity index (χ0) is 27.0. The van der Waals surface area contributed by atoms with Crippen LogP contribution in [0, 0.1) is 0 Å². The van der Waals surface area contributed by atoms with Gasteiger partial charge in [0.1, 0.15) is 0 Å². The van der Waals surface area contributed by atoms with E-state index in [1.54, 1.807) is 34.9 Å². The molecule has 206 valence electrons. The van der Waals surface area contributed by atoms with Crippen LogP contribution in [0.3, 0.4) is 0 Å². The number of hydrogen-bond donors (Lipinski definition) is 1. The van der Waals surface area contributed by atoms with Crippen molar-refractivity contribution in [2.24, 2.45) is 0 Å². The van der Waals surface area contributed by atoms with Crippen molar-refractivity contribution in [2.75, 3.05) is 38.5 Å². The Morgan fingerprint density at radius 3 is 2.62 bits per heavy atom. The first-order valence-electron chi connectivity index (χ1n) is 14.0. The van der Waals surface area contributed by atoms with Gasteiger partial charge >= 0.3 is 0 Å². The van der Waals surface area contributed by atoms with E-state index in [1.807, 2.05) is 18.2 Å². The number of fused-ring (bicyclic) bond motifs is 1. The third kappa shape index (κ3) is 7.15. The van der Waals surface area contributed by atoms with Gasteiger partial charge in [0, 0.05) is 24.3 Å². The first kappa shape index (κ1) is 27.6. The molecule has 2 fully saturated rings. The van der Waals surface area contributed by atoms with Gasteiger partial charge in [-0.15, -0.1) is 0 Å². The van der Waals surface area contributed by atoms with E-state index >= 15 is 0 Å². The molecule has 2 saturated heterocycles. The molecule has 0 saturated carbocycles. The van der Waals surface area contributed by atoms with Gasteiger partial charge in [0.05, 0.1) is 29.3 Å². The summed E-state index contributed by atoms with van der Waals surface area (Å²) in [5, 5.41) is 3.92. The number of likely N-dealkylation sites (tertiary alicyclic amines) is 1. The summed E-state index contributed by atoms with van der Waals surface area (Å²) in [4.78, 5) is 46.4. The second-order valence-corrected chi connectivity index (χ2v) is 11.2. The number of benzene rings is 2. The number of amides is 1. The number of piperidine rings is 1. The van der Waals surface area contributed by atoms with Crippen LogP contribution >= 0.6 is 11.8 Å². The van der Waals surface area contributed by atoms with Crippen LogP contribution in [0.15, 0.2) is 58.5 Å². The van der Waals surface area contributed by atoms with Gasteiger partial charge in [-0.05, 0) is 69.9 Å². The Morgan fingerprint density at radius 2 is 1.85 bits per heavy atom. The van der Waals surface area contributed by atoms with Crippen molar-refractivity contribution in [3.8, 4) is 0 Å². The quantitative estimate of drug-likeness (QED) is 0.166. The van der Waals surface area contributed by atoms with Gasteiger partial charge in [-0.3, -0.25) is 19.0 Å². The molecule has 8 nitrogen and oxygen atoms in total. The Hall–Kier alpha value is -3.01. The van der Waals surface area contributed by atoms with E-state index in [0.717, 1.165) is 38.9 Å². The molecule has 0 aliphatic carbocycles.